The third kappa shape index (κ3) is 2.87. The van der Waals surface area contributed by atoms with Gasteiger partial charge in [0.25, 0.3) is 0 Å². The first-order valence-corrected chi connectivity index (χ1v) is 8.32. The van der Waals surface area contributed by atoms with Crippen molar-refractivity contribution in [1.29, 1.82) is 0 Å². The smallest absolute Gasteiger partial charge is 0.206 e. The average Bonchev–Trinajstić information content (AvgIpc) is 3.34. The zero-order valence-corrected chi connectivity index (χ0v) is 13.2. The van der Waals surface area contributed by atoms with E-state index in [4.69, 9.17) is 16.3 Å². The van der Waals surface area contributed by atoms with Crippen LogP contribution in [0.4, 0.5) is 5.69 Å². The minimum atomic E-state index is 0.453. The Balaban J connectivity index is 1.65. The van der Waals surface area contributed by atoms with Gasteiger partial charge in [0.2, 0.25) is 5.96 Å². The number of halogens is 1. The maximum absolute atomic E-state index is 6.18. The number of benzene rings is 2. The second kappa shape index (κ2) is 5.74. The molecule has 0 amide bonds. The van der Waals surface area contributed by atoms with Gasteiger partial charge in [0, 0.05) is 0 Å². The summed E-state index contributed by atoms with van der Waals surface area (Å²) in [5.74, 6) is 2.17. The number of hydrogen-bond acceptors (Lipinski definition) is 3. The normalized spacial score (nSPS) is 18.3. The first kappa shape index (κ1) is 13.8. The van der Waals surface area contributed by atoms with Gasteiger partial charge >= 0.3 is 0 Å². The van der Waals surface area contributed by atoms with E-state index in [1.54, 1.807) is 0 Å². The zero-order chi connectivity index (χ0) is 14.9. The Morgan fingerprint density at radius 3 is 2.73 bits per heavy atom. The van der Waals surface area contributed by atoms with Crippen LogP contribution in [-0.4, -0.2) is 12.0 Å². The molecule has 112 valence electrons. The van der Waals surface area contributed by atoms with Crippen LogP contribution >= 0.6 is 23.5 Å². The highest BCUT2D eigenvalue weighted by atomic mass is 35.5. The first-order valence-electron chi connectivity index (χ1n) is 7.13. The third-order valence-electron chi connectivity index (χ3n) is 3.40. The average molecular weight is 332 g/mol. The molecular weight excluding hydrogens is 318 g/mol. The minimum Gasteiger partial charge on any atom is -0.454 e. The summed E-state index contributed by atoms with van der Waals surface area (Å²) >= 11 is 7.72. The highest BCUT2D eigenvalue weighted by Gasteiger charge is 2.24. The van der Waals surface area contributed by atoms with Crippen molar-refractivity contribution in [2.75, 3.05) is 5.32 Å². The molecule has 1 heterocycles. The molecule has 6 heteroatoms. The van der Waals surface area contributed by atoms with Crippen molar-refractivity contribution in [2.24, 2.45) is 4.99 Å². The summed E-state index contributed by atoms with van der Waals surface area (Å²) in [5.41, 5.74) is 0.922. The Labute approximate surface area is 138 Å². The van der Waals surface area contributed by atoms with E-state index in [2.05, 4.69) is 15.0 Å². The lowest BCUT2D eigenvalue weighted by atomic mass is 10.3. The van der Waals surface area contributed by atoms with Crippen LogP contribution in [0.2, 0.25) is 5.02 Å². The molecule has 2 aliphatic rings. The molecule has 0 aromatic heterocycles. The molecular formula is C16H14ClN3OS. The molecule has 1 aliphatic carbocycles. The Kier molecular flexibility index (Phi) is 3.60. The number of hydrogen-bond donors (Lipinski definition) is 2. The summed E-state index contributed by atoms with van der Waals surface area (Å²) in [6, 6.07) is 13.8. The van der Waals surface area contributed by atoms with Crippen LogP contribution in [0.1, 0.15) is 12.8 Å². The van der Waals surface area contributed by atoms with E-state index in [0.717, 1.165) is 22.3 Å². The second-order valence-corrected chi connectivity index (χ2v) is 6.46. The van der Waals surface area contributed by atoms with E-state index in [1.165, 1.54) is 24.8 Å². The van der Waals surface area contributed by atoms with Gasteiger partial charge in [-0.15, -0.1) is 0 Å². The topological polar surface area (TPSA) is 45.6 Å². The van der Waals surface area contributed by atoms with Crippen LogP contribution in [0.25, 0.3) is 0 Å². The maximum atomic E-state index is 6.18. The lowest BCUT2D eigenvalue weighted by molar-refractivity contribution is 0.484. The van der Waals surface area contributed by atoms with Gasteiger partial charge in [-0.25, -0.2) is 4.99 Å². The number of nitrogens with zero attached hydrogens (tertiary/aromatic N) is 1. The van der Waals surface area contributed by atoms with E-state index >= 15 is 0 Å². The summed E-state index contributed by atoms with van der Waals surface area (Å²) in [4.78, 5) is 5.67. The van der Waals surface area contributed by atoms with Crippen LogP contribution in [0.15, 0.2) is 52.4 Å². The fourth-order valence-electron chi connectivity index (χ4n) is 2.14. The SMILES string of the molecule is Clc1ccccc1Oc1cccc2c1NC(=NC1CC1)NS2. The quantitative estimate of drug-likeness (QED) is 0.802. The predicted octanol–water partition coefficient (Wildman–Crippen LogP) is 4.67. The van der Waals surface area contributed by atoms with Crippen LogP contribution in [0.5, 0.6) is 11.5 Å². The Bertz CT molecular complexity index is 746. The van der Waals surface area contributed by atoms with Crippen LogP contribution in [0.3, 0.4) is 0 Å². The van der Waals surface area contributed by atoms with Crippen LogP contribution in [-0.2, 0) is 0 Å². The summed E-state index contributed by atoms with van der Waals surface area (Å²) in [6.07, 6.45) is 2.34. The number of nitrogens with one attached hydrogen (secondary N) is 2. The monoisotopic (exact) mass is 331 g/mol. The highest BCUT2D eigenvalue weighted by molar-refractivity contribution is 7.98. The molecule has 1 fully saturated rings. The van der Waals surface area contributed by atoms with Crippen molar-refractivity contribution in [3.63, 3.8) is 0 Å². The van der Waals surface area contributed by atoms with E-state index in [9.17, 15) is 0 Å². The largest absolute Gasteiger partial charge is 0.454 e. The molecule has 0 bridgehead atoms. The molecule has 0 unspecified atom stereocenters. The van der Waals surface area contributed by atoms with Gasteiger partial charge < -0.3 is 10.1 Å². The zero-order valence-electron chi connectivity index (χ0n) is 11.7. The molecule has 4 rings (SSSR count). The molecule has 0 radical (unpaired) electrons. The van der Waals surface area contributed by atoms with Crippen molar-refractivity contribution in [3.8, 4) is 11.5 Å². The number of para-hydroxylation sites is 2. The molecule has 2 aromatic carbocycles. The van der Waals surface area contributed by atoms with E-state index in [1.807, 2.05) is 42.5 Å². The molecule has 0 saturated heterocycles. The number of guanidine groups is 1. The number of anilines is 1. The lowest BCUT2D eigenvalue weighted by Gasteiger charge is -2.23. The van der Waals surface area contributed by atoms with Crippen molar-refractivity contribution in [1.82, 2.24) is 4.72 Å². The van der Waals surface area contributed by atoms with Crippen LogP contribution < -0.4 is 14.8 Å². The summed E-state index contributed by atoms with van der Waals surface area (Å²) in [7, 11) is 0. The summed E-state index contributed by atoms with van der Waals surface area (Å²) in [6.45, 7) is 0. The fraction of sp³-hybridized carbons (Fsp3) is 0.188. The fourth-order valence-corrected chi connectivity index (χ4v) is 3.03. The molecule has 0 spiro atoms. The molecule has 2 N–H and O–H groups in total. The second-order valence-electron chi connectivity index (χ2n) is 5.20. The molecule has 2 aromatic rings. The Hall–Kier alpha value is -1.85. The highest BCUT2D eigenvalue weighted by Crippen LogP contribution is 2.40. The van der Waals surface area contributed by atoms with Gasteiger partial charge in [-0.3, -0.25) is 4.72 Å². The lowest BCUT2D eigenvalue weighted by Crippen LogP contribution is -2.30. The third-order valence-corrected chi connectivity index (χ3v) is 4.57. The van der Waals surface area contributed by atoms with Gasteiger partial charge in [-0.2, -0.15) is 0 Å². The molecule has 4 nitrogen and oxygen atoms in total. The van der Waals surface area contributed by atoms with Crippen molar-refractivity contribution in [3.05, 3.63) is 47.5 Å². The van der Waals surface area contributed by atoms with Gasteiger partial charge in [0.1, 0.15) is 5.75 Å². The standard InChI is InChI=1S/C16H14ClN3OS/c17-11-4-1-2-5-12(11)21-13-6-3-7-14-15(13)19-16(20-22-14)18-10-8-9-10/h1-7,10H,8-9H2,(H2,18,19,20). The number of rotatable bonds is 3. The van der Waals surface area contributed by atoms with Crippen molar-refractivity contribution < 1.29 is 4.74 Å². The number of fused-ring (bicyclic) bond motifs is 1. The van der Waals surface area contributed by atoms with E-state index in [-0.39, 0.29) is 0 Å². The van der Waals surface area contributed by atoms with Crippen molar-refractivity contribution in [2.45, 2.75) is 23.8 Å². The number of ether oxygens (including phenoxy) is 1. The minimum absolute atomic E-state index is 0.453. The van der Waals surface area contributed by atoms with Gasteiger partial charge in [0.15, 0.2) is 5.75 Å². The Morgan fingerprint density at radius 2 is 1.91 bits per heavy atom. The Morgan fingerprint density at radius 1 is 1.09 bits per heavy atom. The summed E-state index contributed by atoms with van der Waals surface area (Å²) < 4.78 is 9.21. The predicted molar refractivity (Wildman–Crippen MR) is 91.0 cm³/mol. The molecule has 1 saturated carbocycles. The van der Waals surface area contributed by atoms with Gasteiger partial charge in [0.05, 0.1) is 21.6 Å². The molecule has 1 aliphatic heterocycles. The van der Waals surface area contributed by atoms with Gasteiger partial charge in [-0.05, 0) is 49.1 Å². The van der Waals surface area contributed by atoms with Gasteiger partial charge in [-0.1, -0.05) is 29.8 Å². The number of aliphatic imine (C=N–C) groups is 1. The summed E-state index contributed by atoms with van der Waals surface area (Å²) in [5, 5.41) is 3.92. The molecule has 0 atom stereocenters. The van der Waals surface area contributed by atoms with Crippen LogP contribution in [0, 0.1) is 0 Å². The maximum Gasteiger partial charge on any atom is 0.206 e. The van der Waals surface area contributed by atoms with E-state index in [0.29, 0.717) is 16.8 Å². The van der Waals surface area contributed by atoms with Crippen molar-refractivity contribution >= 4 is 35.2 Å². The first-order chi connectivity index (χ1) is 10.8. The molecule has 22 heavy (non-hydrogen) atoms. The van der Waals surface area contributed by atoms with E-state index < -0.39 is 0 Å².